The number of benzene rings is 1. The van der Waals surface area contributed by atoms with Gasteiger partial charge in [-0.05, 0) is 38.0 Å². The van der Waals surface area contributed by atoms with Gasteiger partial charge in [0.25, 0.3) is 0 Å². The Morgan fingerprint density at radius 1 is 1.31 bits per heavy atom. The third-order valence-electron chi connectivity index (χ3n) is 4.44. The maximum atomic E-state index is 12.3. The molecule has 0 aliphatic carbocycles. The molecule has 7 heteroatoms. The van der Waals surface area contributed by atoms with E-state index >= 15 is 0 Å². The number of carbonyl (C=O) groups excluding carboxylic acids is 2. The molecule has 3 N–H and O–H groups in total. The van der Waals surface area contributed by atoms with Gasteiger partial charge in [-0.1, -0.05) is 12.1 Å². The topological polar surface area (TPSA) is 88.3 Å². The van der Waals surface area contributed by atoms with Crippen molar-refractivity contribution in [3.63, 3.8) is 0 Å². The van der Waals surface area contributed by atoms with Crippen LogP contribution in [0.15, 0.2) is 35.7 Å². The van der Waals surface area contributed by atoms with Crippen molar-refractivity contribution in [2.45, 2.75) is 19.8 Å². The summed E-state index contributed by atoms with van der Waals surface area (Å²) >= 11 is 1.55. The molecule has 0 bridgehead atoms. The number of primary amides is 1. The van der Waals surface area contributed by atoms with Crippen molar-refractivity contribution in [3.05, 3.63) is 46.4 Å². The molecule has 2 aromatic rings. The van der Waals surface area contributed by atoms with Gasteiger partial charge in [0.15, 0.2) is 0 Å². The number of hydrogen-bond acceptors (Lipinski definition) is 5. The number of hydrogen-bond donors (Lipinski definition) is 2. The molecule has 1 aromatic carbocycles. The molecular formula is C19H22N4O2S. The van der Waals surface area contributed by atoms with Crippen LogP contribution in [0.5, 0.6) is 0 Å². The van der Waals surface area contributed by atoms with Crippen molar-refractivity contribution in [2.24, 2.45) is 11.7 Å². The Kier molecular flexibility index (Phi) is 5.68. The van der Waals surface area contributed by atoms with Crippen LogP contribution in [0, 0.1) is 12.8 Å². The van der Waals surface area contributed by atoms with Gasteiger partial charge in [0.1, 0.15) is 0 Å². The smallest absolute Gasteiger partial charge is 0.248 e. The van der Waals surface area contributed by atoms with Crippen molar-refractivity contribution in [2.75, 3.05) is 23.3 Å². The first-order valence-electron chi connectivity index (χ1n) is 8.57. The maximum absolute atomic E-state index is 12.3. The summed E-state index contributed by atoms with van der Waals surface area (Å²) in [6, 6.07) is 7.70. The van der Waals surface area contributed by atoms with E-state index < -0.39 is 0 Å². The summed E-state index contributed by atoms with van der Waals surface area (Å²) in [5, 5.41) is 5.82. The summed E-state index contributed by atoms with van der Waals surface area (Å²) in [4.78, 5) is 30.1. The van der Waals surface area contributed by atoms with Gasteiger partial charge < -0.3 is 16.0 Å². The zero-order valence-electron chi connectivity index (χ0n) is 14.6. The van der Waals surface area contributed by atoms with Crippen molar-refractivity contribution in [1.82, 2.24) is 4.98 Å². The predicted octanol–water partition coefficient (Wildman–Crippen LogP) is 2.81. The molecule has 26 heavy (non-hydrogen) atoms. The lowest BCUT2D eigenvalue weighted by atomic mass is 9.96. The van der Waals surface area contributed by atoms with Gasteiger partial charge in [0, 0.05) is 30.5 Å². The SMILES string of the molecule is Cc1nc(C=CC(=O)Nc2ccccc2N2CCC(C(N)=O)CC2)cs1. The molecule has 1 saturated heterocycles. The molecule has 0 unspecified atom stereocenters. The number of piperidine rings is 1. The molecule has 0 spiro atoms. The van der Waals surface area contributed by atoms with Crippen molar-refractivity contribution in [1.29, 1.82) is 0 Å². The van der Waals surface area contributed by atoms with E-state index in [0.717, 1.165) is 48.0 Å². The number of thiazole rings is 1. The Balaban J connectivity index is 1.66. The van der Waals surface area contributed by atoms with Crippen LogP contribution in [0.3, 0.4) is 0 Å². The highest BCUT2D eigenvalue weighted by Crippen LogP contribution is 2.29. The molecule has 6 nitrogen and oxygen atoms in total. The van der Waals surface area contributed by atoms with Crippen LogP contribution in [-0.4, -0.2) is 29.9 Å². The molecule has 0 saturated carbocycles. The highest BCUT2D eigenvalue weighted by atomic mass is 32.1. The van der Waals surface area contributed by atoms with E-state index in [-0.39, 0.29) is 17.7 Å². The van der Waals surface area contributed by atoms with Gasteiger partial charge in [0.2, 0.25) is 11.8 Å². The second kappa shape index (κ2) is 8.14. The number of amides is 2. The molecule has 3 rings (SSSR count). The van der Waals surface area contributed by atoms with E-state index in [1.54, 1.807) is 17.4 Å². The Morgan fingerprint density at radius 3 is 2.69 bits per heavy atom. The zero-order valence-corrected chi connectivity index (χ0v) is 15.5. The first-order valence-corrected chi connectivity index (χ1v) is 9.45. The number of aromatic nitrogens is 1. The quantitative estimate of drug-likeness (QED) is 0.792. The van der Waals surface area contributed by atoms with Gasteiger partial charge >= 0.3 is 0 Å². The number of carbonyl (C=O) groups is 2. The molecule has 1 aromatic heterocycles. The lowest BCUT2D eigenvalue weighted by Crippen LogP contribution is -2.38. The van der Waals surface area contributed by atoms with E-state index in [4.69, 9.17) is 5.73 Å². The number of nitrogens with zero attached hydrogens (tertiary/aromatic N) is 2. The standard InChI is InChI=1S/C19H22N4O2S/c1-13-21-15(12-26-13)6-7-18(24)22-16-4-2-3-5-17(16)23-10-8-14(9-11-23)19(20)25/h2-7,12,14H,8-11H2,1H3,(H2,20,25)(H,22,24). The second-order valence-electron chi connectivity index (χ2n) is 6.29. The van der Waals surface area contributed by atoms with E-state index in [9.17, 15) is 9.59 Å². The Bertz CT molecular complexity index is 822. The molecule has 1 aliphatic heterocycles. The fourth-order valence-electron chi connectivity index (χ4n) is 3.05. The number of aryl methyl sites for hydroxylation is 1. The van der Waals surface area contributed by atoms with Gasteiger partial charge in [-0.2, -0.15) is 0 Å². The normalized spacial score (nSPS) is 15.3. The van der Waals surface area contributed by atoms with Gasteiger partial charge in [0.05, 0.1) is 22.1 Å². The Labute approximate surface area is 156 Å². The Morgan fingerprint density at radius 2 is 2.04 bits per heavy atom. The van der Waals surface area contributed by atoms with Crippen molar-refractivity contribution >= 4 is 40.6 Å². The van der Waals surface area contributed by atoms with Crippen LogP contribution in [0.25, 0.3) is 6.08 Å². The minimum Gasteiger partial charge on any atom is -0.370 e. The predicted molar refractivity (Wildman–Crippen MR) is 105 cm³/mol. The lowest BCUT2D eigenvalue weighted by Gasteiger charge is -2.33. The molecular weight excluding hydrogens is 348 g/mol. The molecule has 1 aliphatic rings. The molecule has 2 amide bonds. The summed E-state index contributed by atoms with van der Waals surface area (Å²) < 4.78 is 0. The van der Waals surface area contributed by atoms with Crippen LogP contribution in [0.2, 0.25) is 0 Å². The number of nitrogens with one attached hydrogen (secondary N) is 1. The van der Waals surface area contributed by atoms with Crippen LogP contribution in [0.1, 0.15) is 23.5 Å². The third kappa shape index (κ3) is 4.49. The van der Waals surface area contributed by atoms with E-state index in [1.807, 2.05) is 36.6 Å². The maximum Gasteiger partial charge on any atom is 0.248 e. The average molecular weight is 370 g/mol. The van der Waals surface area contributed by atoms with Crippen LogP contribution < -0.4 is 16.0 Å². The first-order chi connectivity index (χ1) is 12.5. The third-order valence-corrected chi connectivity index (χ3v) is 5.23. The van der Waals surface area contributed by atoms with Gasteiger partial charge in [-0.15, -0.1) is 11.3 Å². The fraction of sp³-hybridized carbons (Fsp3) is 0.316. The summed E-state index contributed by atoms with van der Waals surface area (Å²) in [5.41, 5.74) is 7.90. The first kappa shape index (κ1) is 18.1. The minimum atomic E-state index is -0.228. The minimum absolute atomic E-state index is 0.0579. The molecule has 1 fully saturated rings. The van der Waals surface area contributed by atoms with Crippen molar-refractivity contribution in [3.8, 4) is 0 Å². The molecule has 0 radical (unpaired) electrons. The van der Waals surface area contributed by atoms with Crippen molar-refractivity contribution < 1.29 is 9.59 Å². The van der Waals surface area contributed by atoms with E-state index in [1.165, 1.54) is 6.08 Å². The van der Waals surface area contributed by atoms with Crippen LogP contribution in [0.4, 0.5) is 11.4 Å². The molecule has 2 heterocycles. The molecule has 0 atom stereocenters. The molecule has 136 valence electrons. The summed E-state index contributed by atoms with van der Waals surface area (Å²) in [7, 11) is 0. The number of para-hydroxylation sites is 2. The highest BCUT2D eigenvalue weighted by Gasteiger charge is 2.24. The average Bonchev–Trinajstić information content (AvgIpc) is 3.06. The Hall–Kier alpha value is -2.67. The van der Waals surface area contributed by atoms with Gasteiger partial charge in [-0.3, -0.25) is 9.59 Å². The summed E-state index contributed by atoms with van der Waals surface area (Å²) in [6.07, 6.45) is 4.67. The number of anilines is 2. The summed E-state index contributed by atoms with van der Waals surface area (Å²) in [5.74, 6) is -0.485. The largest absolute Gasteiger partial charge is 0.370 e. The fourth-order valence-corrected chi connectivity index (χ4v) is 3.63. The van der Waals surface area contributed by atoms with Gasteiger partial charge in [-0.25, -0.2) is 4.98 Å². The summed E-state index contributed by atoms with van der Waals surface area (Å²) in [6.45, 7) is 3.42. The number of nitrogens with two attached hydrogens (primary N) is 1. The monoisotopic (exact) mass is 370 g/mol. The number of rotatable bonds is 5. The highest BCUT2D eigenvalue weighted by molar-refractivity contribution is 7.09. The van der Waals surface area contributed by atoms with Crippen LogP contribution in [-0.2, 0) is 9.59 Å². The van der Waals surface area contributed by atoms with Crippen LogP contribution >= 0.6 is 11.3 Å². The van der Waals surface area contributed by atoms with E-state index in [2.05, 4.69) is 15.2 Å². The second-order valence-corrected chi connectivity index (χ2v) is 7.36. The van der Waals surface area contributed by atoms with E-state index in [0.29, 0.717) is 0 Å². The zero-order chi connectivity index (χ0) is 18.5. The lowest BCUT2D eigenvalue weighted by molar-refractivity contribution is -0.122.